The lowest BCUT2D eigenvalue weighted by molar-refractivity contribution is 0.103. The Morgan fingerprint density at radius 2 is 1.78 bits per heavy atom. The van der Waals surface area contributed by atoms with Gasteiger partial charge in [-0.25, -0.2) is 4.39 Å². The minimum atomic E-state index is -0.466. The molecule has 0 fully saturated rings. The number of halogens is 2. The highest BCUT2D eigenvalue weighted by Gasteiger charge is 2.14. The summed E-state index contributed by atoms with van der Waals surface area (Å²) in [4.78, 5) is 12.2. The molecule has 0 saturated carbocycles. The molecule has 92 valence electrons. The van der Waals surface area contributed by atoms with E-state index in [0.29, 0.717) is 5.56 Å². The van der Waals surface area contributed by atoms with Gasteiger partial charge in [-0.15, -0.1) is 0 Å². The fourth-order valence-corrected chi connectivity index (χ4v) is 1.91. The lowest BCUT2D eigenvalue weighted by atomic mass is 9.99. The zero-order valence-electron chi connectivity index (χ0n) is 10.1. The number of benzene rings is 2. The molecule has 0 aliphatic rings. The predicted molar refractivity (Wildman–Crippen MR) is 70.8 cm³/mol. The summed E-state index contributed by atoms with van der Waals surface area (Å²) in [6.45, 7) is 3.90. The van der Waals surface area contributed by atoms with Crippen LogP contribution in [-0.4, -0.2) is 5.78 Å². The van der Waals surface area contributed by atoms with Crippen LogP contribution in [0.1, 0.15) is 27.0 Å². The van der Waals surface area contributed by atoms with E-state index in [0.717, 1.165) is 11.1 Å². The summed E-state index contributed by atoms with van der Waals surface area (Å²) in [5.41, 5.74) is 2.84. The van der Waals surface area contributed by atoms with E-state index in [1.807, 2.05) is 19.9 Å². The first-order chi connectivity index (χ1) is 8.49. The number of aryl methyl sites for hydroxylation is 2. The molecule has 0 amide bonds. The smallest absolute Gasteiger partial charge is 0.194 e. The lowest BCUT2D eigenvalue weighted by Crippen LogP contribution is -2.03. The molecule has 2 aromatic carbocycles. The molecule has 0 bridgehead atoms. The van der Waals surface area contributed by atoms with Crippen LogP contribution >= 0.6 is 11.6 Å². The molecule has 0 atom stereocenters. The molecule has 2 rings (SSSR count). The summed E-state index contributed by atoms with van der Waals surface area (Å²) >= 11 is 5.92. The molecule has 0 aliphatic carbocycles. The summed E-state index contributed by atoms with van der Waals surface area (Å²) in [7, 11) is 0. The van der Waals surface area contributed by atoms with Crippen molar-refractivity contribution in [2.24, 2.45) is 0 Å². The molecule has 2 aromatic rings. The number of rotatable bonds is 2. The van der Waals surface area contributed by atoms with Crippen LogP contribution in [0.5, 0.6) is 0 Å². The van der Waals surface area contributed by atoms with Crippen LogP contribution in [0, 0.1) is 19.7 Å². The maximum absolute atomic E-state index is 13.2. The Morgan fingerprint density at radius 3 is 2.44 bits per heavy atom. The summed E-state index contributed by atoms with van der Waals surface area (Å²) in [6.07, 6.45) is 0. The van der Waals surface area contributed by atoms with Gasteiger partial charge < -0.3 is 0 Å². The molecule has 0 spiro atoms. The van der Waals surface area contributed by atoms with Gasteiger partial charge in [0.05, 0.1) is 5.02 Å². The van der Waals surface area contributed by atoms with Crippen molar-refractivity contribution in [3.05, 3.63) is 69.5 Å². The number of ketones is 1. The molecule has 0 unspecified atom stereocenters. The van der Waals surface area contributed by atoms with Gasteiger partial charge in [-0.2, -0.15) is 0 Å². The van der Waals surface area contributed by atoms with E-state index in [9.17, 15) is 9.18 Å². The number of carbonyl (C=O) groups is 1. The van der Waals surface area contributed by atoms with Gasteiger partial charge in [-0.05, 0) is 49.2 Å². The highest BCUT2D eigenvalue weighted by molar-refractivity contribution is 6.35. The molecule has 0 heterocycles. The van der Waals surface area contributed by atoms with Crippen LogP contribution < -0.4 is 0 Å². The van der Waals surface area contributed by atoms with Gasteiger partial charge in [0.2, 0.25) is 0 Å². The Bertz CT molecular complexity index is 620. The van der Waals surface area contributed by atoms with Gasteiger partial charge in [-0.3, -0.25) is 4.79 Å². The maximum atomic E-state index is 13.2. The van der Waals surface area contributed by atoms with E-state index >= 15 is 0 Å². The standard InChI is InChI=1S/C15H12ClFO/c1-9-3-4-11(7-10(9)2)15(18)13-8-12(17)5-6-14(13)16/h3-8H,1-2H3. The van der Waals surface area contributed by atoms with Crippen LogP contribution in [0.3, 0.4) is 0 Å². The van der Waals surface area contributed by atoms with Crippen molar-refractivity contribution >= 4 is 17.4 Å². The van der Waals surface area contributed by atoms with Crippen LogP contribution in [0.25, 0.3) is 0 Å². The first kappa shape index (κ1) is 12.8. The largest absolute Gasteiger partial charge is 0.289 e. The predicted octanol–water partition coefficient (Wildman–Crippen LogP) is 4.33. The second-order valence-corrected chi connectivity index (χ2v) is 4.66. The van der Waals surface area contributed by atoms with Gasteiger partial charge in [0.15, 0.2) is 5.78 Å². The third kappa shape index (κ3) is 2.44. The molecular formula is C15H12ClFO. The van der Waals surface area contributed by atoms with Crippen molar-refractivity contribution in [1.29, 1.82) is 0 Å². The van der Waals surface area contributed by atoms with E-state index in [-0.39, 0.29) is 16.4 Å². The fraction of sp³-hybridized carbons (Fsp3) is 0.133. The summed E-state index contributed by atoms with van der Waals surface area (Å²) in [6, 6.07) is 9.19. The zero-order chi connectivity index (χ0) is 13.3. The molecule has 0 N–H and O–H groups in total. The number of hydrogen-bond donors (Lipinski definition) is 0. The summed E-state index contributed by atoms with van der Waals surface area (Å²) in [5, 5.41) is 0.264. The third-order valence-electron chi connectivity index (χ3n) is 2.94. The van der Waals surface area contributed by atoms with E-state index in [1.165, 1.54) is 18.2 Å². The minimum absolute atomic E-state index is 0.194. The average Bonchev–Trinajstić information content (AvgIpc) is 2.35. The van der Waals surface area contributed by atoms with E-state index in [4.69, 9.17) is 11.6 Å². The van der Waals surface area contributed by atoms with Gasteiger partial charge in [-0.1, -0.05) is 23.7 Å². The molecule has 0 aromatic heterocycles. The van der Waals surface area contributed by atoms with Gasteiger partial charge in [0.1, 0.15) is 5.82 Å². The molecule has 1 nitrogen and oxygen atoms in total. The fourth-order valence-electron chi connectivity index (χ4n) is 1.71. The van der Waals surface area contributed by atoms with Crippen LogP contribution in [0.4, 0.5) is 4.39 Å². The van der Waals surface area contributed by atoms with Crippen molar-refractivity contribution in [2.45, 2.75) is 13.8 Å². The topological polar surface area (TPSA) is 17.1 Å². The molecule has 18 heavy (non-hydrogen) atoms. The second kappa shape index (κ2) is 4.91. The molecule has 0 aliphatic heterocycles. The lowest BCUT2D eigenvalue weighted by Gasteiger charge is -2.06. The maximum Gasteiger partial charge on any atom is 0.194 e. The average molecular weight is 263 g/mol. The third-order valence-corrected chi connectivity index (χ3v) is 3.27. The Hall–Kier alpha value is -1.67. The number of carbonyl (C=O) groups excluding carboxylic acids is 1. The van der Waals surface area contributed by atoms with Crippen molar-refractivity contribution < 1.29 is 9.18 Å². The van der Waals surface area contributed by atoms with Crippen LogP contribution in [0.2, 0.25) is 5.02 Å². The Morgan fingerprint density at radius 1 is 1.06 bits per heavy atom. The Kier molecular flexibility index (Phi) is 3.48. The monoisotopic (exact) mass is 262 g/mol. The quantitative estimate of drug-likeness (QED) is 0.737. The highest BCUT2D eigenvalue weighted by atomic mass is 35.5. The Balaban J connectivity index is 2.47. The van der Waals surface area contributed by atoms with Gasteiger partial charge in [0.25, 0.3) is 0 Å². The summed E-state index contributed by atoms with van der Waals surface area (Å²) in [5.74, 6) is -0.728. The van der Waals surface area contributed by atoms with Crippen molar-refractivity contribution in [2.75, 3.05) is 0 Å². The van der Waals surface area contributed by atoms with Crippen LogP contribution in [0.15, 0.2) is 36.4 Å². The first-order valence-corrected chi connectivity index (χ1v) is 5.94. The van der Waals surface area contributed by atoms with Crippen LogP contribution in [-0.2, 0) is 0 Å². The highest BCUT2D eigenvalue weighted by Crippen LogP contribution is 2.21. The molecule has 0 radical (unpaired) electrons. The number of hydrogen-bond acceptors (Lipinski definition) is 1. The van der Waals surface area contributed by atoms with Gasteiger partial charge in [0, 0.05) is 11.1 Å². The van der Waals surface area contributed by atoms with E-state index < -0.39 is 5.82 Å². The molecule has 0 saturated heterocycles. The minimum Gasteiger partial charge on any atom is -0.289 e. The first-order valence-electron chi connectivity index (χ1n) is 5.56. The zero-order valence-corrected chi connectivity index (χ0v) is 10.9. The van der Waals surface area contributed by atoms with Crippen molar-refractivity contribution in [3.63, 3.8) is 0 Å². The van der Waals surface area contributed by atoms with E-state index in [2.05, 4.69) is 0 Å². The Labute approximate surface area is 110 Å². The van der Waals surface area contributed by atoms with Crippen molar-refractivity contribution in [1.82, 2.24) is 0 Å². The molecular weight excluding hydrogens is 251 g/mol. The molecule has 3 heteroatoms. The SMILES string of the molecule is Cc1ccc(C(=O)c2cc(F)ccc2Cl)cc1C. The van der Waals surface area contributed by atoms with Gasteiger partial charge >= 0.3 is 0 Å². The van der Waals surface area contributed by atoms with Crippen molar-refractivity contribution in [3.8, 4) is 0 Å². The second-order valence-electron chi connectivity index (χ2n) is 4.25. The normalized spacial score (nSPS) is 10.4. The summed E-state index contributed by atoms with van der Waals surface area (Å²) < 4.78 is 13.2. The van der Waals surface area contributed by atoms with E-state index in [1.54, 1.807) is 12.1 Å².